The fourth-order valence-corrected chi connectivity index (χ4v) is 5.15. The Morgan fingerprint density at radius 3 is 2.54 bits per heavy atom. The summed E-state index contributed by atoms with van der Waals surface area (Å²) in [6, 6.07) is 16.0. The quantitative estimate of drug-likeness (QED) is 0.294. The van der Waals surface area contributed by atoms with E-state index in [1.807, 2.05) is 36.4 Å². The molecule has 1 heterocycles. The highest BCUT2D eigenvalue weighted by molar-refractivity contribution is 6.35. The molecule has 1 aliphatic rings. The van der Waals surface area contributed by atoms with Gasteiger partial charge in [0.15, 0.2) is 0 Å². The number of halogens is 2. The fourth-order valence-electron chi connectivity index (χ4n) is 4.69. The van der Waals surface area contributed by atoms with Crippen molar-refractivity contribution in [3.63, 3.8) is 0 Å². The summed E-state index contributed by atoms with van der Waals surface area (Å²) in [7, 11) is 0. The molecule has 0 aromatic heterocycles. The predicted molar refractivity (Wildman–Crippen MR) is 149 cm³/mol. The van der Waals surface area contributed by atoms with Crippen LogP contribution < -0.4 is 10.2 Å². The van der Waals surface area contributed by atoms with Crippen LogP contribution in [0.4, 0.5) is 5.69 Å². The first-order valence-electron chi connectivity index (χ1n) is 12.7. The van der Waals surface area contributed by atoms with Gasteiger partial charge >= 0.3 is 0 Å². The standard InChI is InChI=1S/C29H31Cl2N3O3/c1-3-4-15-32-28(36)19(2)34(18-21-13-14-22(30)17-24(21)31)26(35)12-7-16-33-25-11-6-9-20-8-5-10-23(27(20)25)29(33)37/h5-6,8-11,13-14,17,19H,3-4,7,12,15-16,18H2,1-2H3,(H,32,36)/t19-/m0/s1. The number of carbonyl (C=O) groups is 3. The molecule has 1 aliphatic heterocycles. The maximum atomic E-state index is 13.4. The summed E-state index contributed by atoms with van der Waals surface area (Å²) < 4.78 is 0. The number of anilines is 1. The highest BCUT2D eigenvalue weighted by atomic mass is 35.5. The summed E-state index contributed by atoms with van der Waals surface area (Å²) in [4.78, 5) is 42.6. The normalized spacial score (nSPS) is 13.2. The number of nitrogens with zero attached hydrogens (tertiary/aromatic N) is 2. The molecule has 194 valence electrons. The SMILES string of the molecule is CCCCNC(=O)[C@H](C)N(Cc1ccc(Cl)cc1Cl)C(=O)CCCN1C(=O)c2cccc3cccc1c23. The van der Waals surface area contributed by atoms with Gasteiger partial charge in [-0.1, -0.05) is 66.9 Å². The zero-order chi connectivity index (χ0) is 26.5. The lowest BCUT2D eigenvalue weighted by molar-refractivity contribution is -0.140. The Morgan fingerprint density at radius 1 is 1.05 bits per heavy atom. The van der Waals surface area contributed by atoms with Crippen molar-refractivity contribution in [3.8, 4) is 0 Å². The van der Waals surface area contributed by atoms with E-state index in [2.05, 4.69) is 12.2 Å². The smallest absolute Gasteiger partial charge is 0.258 e. The molecule has 4 rings (SSSR count). The summed E-state index contributed by atoms with van der Waals surface area (Å²) >= 11 is 12.4. The molecular weight excluding hydrogens is 509 g/mol. The summed E-state index contributed by atoms with van der Waals surface area (Å²) in [5.41, 5.74) is 2.28. The molecule has 0 radical (unpaired) electrons. The number of rotatable bonds is 11. The zero-order valence-electron chi connectivity index (χ0n) is 21.1. The van der Waals surface area contributed by atoms with E-state index in [4.69, 9.17) is 23.2 Å². The molecule has 0 spiro atoms. The molecule has 1 N–H and O–H groups in total. The van der Waals surface area contributed by atoms with Crippen molar-refractivity contribution in [2.45, 2.75) is 52.1 Å². The van der Waals surface area contributed by atoms with Gasteiger partial charge in [0, 0.05) is 47.1 Å². The molecular formula is C29H31Cl2N3O3. The third-order valence-electron chi connectivity index (χ3n) is 6.77. The van der Waals surface area contributed by atoms with Gasteiger partial charge in [-0.3, -0.25) is 14.4 Å². The Morgan fingerprint density at radius 2 is 1.81 bits per heavy atom. The number of benzene rings is 3. The lowest BCUT2D eigenvalue weighted by atomic mass is 10.1. The maximum Gasteiger partial charge on any atom is 0.258 e. The van der Waals surface area contributed by atoms with Crippen LogP contribution in [0.2, 0.25) is 10.0 Å². The van der Waals surface area contributed by atoms with Crippen LogP contribution in [-0.2, 0) is 16.1 Å². The Balaban J connectivity index is 1.46. The van der Waals surface area contributed by atoms with Crippen molar-refractivity contribution in [1.82, 2.24) is 10.2 Å². The Bertz CT molecular complexity index is 1320. The Hall–Kier alpha value is -3.09. The molecule has 0 aliphatic carbocycles. The van der Waals surface area contributed by atoms with Crippen LogP contribution >= 0.6 is 23.2 Å². The van der Waals surface area contributed by atoms with E-state index >= 15 is 0 Å². The summed E-state index contributed by atoms with van der Waals surface area (Å²) in [6.45, 7) is 4.94. The number of amides is 3. The van der Waals surface area contributed by atoms with Crippen LogP contribution in [0, 0.1) is 0 Å². The van der Waals surface area contributed by atoms with E-state index in [-0.39, 0.29) is 30.7 Å². The summed E-state index contributed by atoms with van der Waals surface area (Å²) in [6.07, 6.45) is 2.48. The molecule has 0 fully saturated rings. The van der Waals surface area contributed by atoms with Gasteiger partial charge in [-0.05, 0) is 55.0 Å². The van der Waals surface area contributed by atoms with Gasteiger partial charge in [0.1, 0.15) is 6.04 Å². The van der Waals surface area contributed by atoms with Crippen LogP contribution in [0.5, 0.6) is 0 Å². The van der Waals surface area contributed by atoms with E-state index < -0.39 is 6.04 Å². The minimum absolute atomic E-state index is 0.0484. The second kappa shape index (κ2) is 12.0. The van der Waals surface area contributed by atoms with Gasteiger partial charge in [-0.2, -0.15) is 0 Å². The minimum atomic E-state index is -0.678. The van der Waals surface area contributed by atoms with Crippen molar-refractivity contribution >= 4 is 57.4 Å². The Labute approximate surface area is 227 Å². The largest absolute Gasteiger partial charge is 0.354 e. The molecule has 3 amide bonds. The van der Waals surface area contributed by atoms with Crippen LogP contribution in [0.15, 0.2) is 54.6 Å². The highest BCUT2D eigenvalue weighted by Crippen LogP contribution is 2.37. The molecule has 0 unspecified atom stereocenters. The average Bonchev–Trinajstić information content (AvgIpc) is 3.16. The maximum absolute atomic E-state index is 13.4. The van der Waals surface area contributed by atoms with Crippen LogP contribution in [0.3, 0.4) is 0 Å². The van der Waals surface area contributed by atoms with Crippen molar-refractivity contribution in [2.24, 2.45) is 0 Å². The van der Waals surface area contributed by atoms with E-state index in [0.29, 0.717) is 40.7 Å². The zero-order valence-corrected chi connectivity index (χ0v) is 22.6. The third kappa shape index (κ3) is 5.91. The van der Waals surface area contributed by atoms with Gasteiger partial charge < -0.3 is 15.1 Å². The minimum Gasteiger partial charge on any atom is -0.354 e. The second-order valence-electron chi connectivity index (χ2n) is 9.32. The molecule has 0 bridgehead atoms. The van der Waals surface area contributed by atoms with Crippen molar-refractivity contribution in [3.05, 3.63) is 75.8 Å². The van der Waals surface area contributed by atoms with Gasteiger partial charge in [-0.25, -0.2) is 0 Å². The lowest BCUT2D eigenvalue weighted by Crippen LogP contribution is -2.48. The number of nitrogens with one attached hydrogen (secondary N) is 1. The van der Waals surface area contributed by atoms with Crippen LogP contribution in [-0.4, -0.2) is 41.8 Å². The first kappa shape index (κ1) is 27.0. The van der Waals surface area contributed by atoms with Gasteiger partial charge in [0.25, 0.3) is 5.91 Å². The Kier molecular flexibility index (Phi) is 8.72. The molecule has 3 aromatic rings. The molecule has 0 saturated carbocycles. The third-order valence-corrected chi connectivity index (χ3v) is 7.36. The highest BCUT2D eigenvalue weighted by Gasteiger charge is 2.30. The van der Waals surface area contributed by atoms with E-state index in [9.17, 15) is 14.4 Å². The van der Waals surface area contributed by atoms with E-state index in [1.54, 1.807) is 34.9 Å². The summed E-state index contributed by atoms with van der Waals surface area (Å²) in [5.74, 6) is -0.428. The molecule has 6 nitrogen and oxygen atoms in total. The second-order valence-corrected chi connectivity index (χ2v) is 10.2. The summed E-state index contributed by atoms with van der Waals surface area (Å²) in [5, 5.41) is 5.84. The average molecular weight is 540 g/mol. The molecule has 0 saturated heterocycles. The van der Waals surface area contributed by atoms with Crippen LogP contribution in [0.1, 0.15) is 55.5 Å². The first-order chi connectivity index (χ1) is 17.8. The first-order valence-corrected chi connectivity index (χ1v) is 13.4. The van der Waals surface area contributed by atoms with Crippen molar-refractivity contribution in [2.75, 3.05) is 18.0 Å². The molecule has 8 heteroatoms. The number of hydrogen-bond acceptors (Lipinski definition) is 3. The van der Waals surface area contributed by atoms with Crippen molar-refractivity contribution < 1.29 is 14.4 Å². The monoisotopic (exact) mass is 539 g/mol. The molecule has 3 aromatic carbocycles. The fraction of sp³-hybridized carbons (Fsp3) is 0.345. The van der Waals surface area contributed by atoms with Gasteiger partial charge in [-0.15, -0.1) is 0 Å². The number of unbranched alkanes of at least 4 members (excludes halogenated alkanes) is 1. The van der Waals surface area contributed by atoms with Gasteiger partial charge in [0.2, 0.25) is 11.8 Å². The number of carbonyl (C=O) groups excluding carboxylic acids is 3. The lowest BCUT2D eigenvalue weighted by Gasteiger charge is -2.29. The van der Waals surface area contributed by atoms with E-state index in [0.717, 1.165) is 29.3 Å². The van der Waals surface area contributed by atoms with Crippen molar-refractivity contribution in [1.29, 1.82) is 0 Å². The van der Waals surface area contributed by atoms with Crippen LogP contribution in [0.25, 0.3) is 10.8 Å². The predicted octanol–water partition coefficient (Wildman–Crippen LogP) is 6.22. The van der Waals surface area contributed by atoms with E-state index in [1.165, 1.54) is 0 Å². The molecule has 1 atom stereocenters. The molecule has 37 heavy (non-hydrogen) atoms. The van der Waals surface area contributed by atoms with Gasteiger partial charge in [0.05, 0.1) is 5.69 Å². The topological polar surface area (TPSA) is 69.7 Å². The number of hydrogen-bond donors (Lipinski definition) is 1.